The highest BCUT2D eigenvalue weighted by Crippen LogP contribution is 2.19. The van der Waals surface area contributed by atoms with Gasteiger partial charge in [0.05, 0.1) is 0 Å². The van der Waals surface area contributed by atoms with Crippen LogP contribution in [0.25, 0.3) is 0 Å². The highest BCUT2D eigenvalue weighted by molar-refractivity contribution is 5.97. The topological polar surface area (TPSA) is 58.6 Å². The van der Waals surface area contributed by atoms with Gasteiger partial charge in [0.15, 0.2) is 6.61 Å². The first-order chi connectivity index (χ1) is 13.0. The van der Waals surface area contributed by atoms with E-state index in [4.69, 9.17) is 4.74 Å². The Morgan fingerprint density at radius 3 is 2.56 bits per heavy atom. The number of nitrogens with one attached hydrogen (secondary N) is 1. The number of ether oxygens (including phenoxy) is 1. The van der Waals surface area contributed by atoms with Crippen LogP contribution in [-0.4, -0.2) is 36.4 Å². The standard InChI is InChI=1S/C22H26N2O3/c1-16-9-10-20(17(2)13-16)27-15-21(25)23-19-8-6-7-18(14-19)22(26)24-11-4-3-5-12-24/h6-10,13-14H,3-5,11-12,15H2,1-2H3,(H,23,25). The van der Waals surface area contributed by atoms with Crippen LogP contribution in [0.1, 0.15) is 40.7 Å². The Hall–Kier alpha value is -2.82. The van der Waals surface area contributed by atoms with E-state index in [9.17, 15) is 9.59 Å². The number of carbonyl (C=O) groups is 2. The van der Waals surface area contributed by atoms with Crippen molar-refractivity contribution in [3.05, 3.63) is 59.2 Å². The fourth-order valence-corrected chi connectivity index (χ4v) is 3.31. The second-order valence-corrected chi connectivity index (χ2v) is 7.04. The van der Waals surface area contributed by atoms with Gasteiger partial charge in [0, 0.05) is 24.3 Å². The minimum Gasteiger partial charge on any atom is -0.483 e. The Kier molecular flexibility index (Phi) is 6.12. The van der Waals surface area contributed by atoms with Crippen LogP contribution in [0, 0.1) is 13.8 Å². The third-order valence-electron chi connectivity index (χ3n) is 4.73. The summed E-state index contributed by atoms with van der Waals surface area (Å²) in [5.41, 5.74) is 3.36. The predicted octanol–water partition coefficient (Wildman–Crippen LogP) is 3.95. The Morgan fingerprint density at radius 1 is 1.04 bits per heavy atom. The van der Waals surface area contributed by atoms with Crippen LogP contribution in [0.5, 0.6) is 5.75 Å². The first-order valence-electron chi connectivity index (χ1n) is 9.42. The molecule has 2 aromatic rings. The highest BCUT2D eigenvalue weighted by Gasteiger charge is 2.18. The summed E-state index contributed by atoms with van der Waals surface area (Å²) < 4.78 is 5.61. The zero-order valence-electron chi connectivity index (χ0n) is 16.0. The molecule has 3 rings (SSSR count). The lowest BCUT2D eigenvalue weighted by molar-refractivity contribution is -0.118. The molecule has 1 fully saturated rings. The SMILES string of the molecule is Cc1ccc(OCC(=O)Nc2cccc(C(=O)N3CCCCC3)c2)c(C)c1. The quantitative estimate of drug-likeness (QED) is 0.872. The molecular weight excluding hydrogens is 340 g/mol. The molecule has 1 saturated heterocycles. The fourth-order valence-electron chi connectivity index (χ4n) is 3.31. The summed E-state index contributed by atoms with van der Waals surface area (Å²) in [4.78, 5) is 26.7. The summed E-state index contributed by atoms with van der Waals surface area (Å²) in [6, 6.07) is 12.9. The van der Waals surface area contributed by atoms with Crippen LogP contribution < -0.4 is 10.1 Å². The molecule has 2 aromatic carbocycles. The molecule has 5 heteroatoms. The summed E-state index contributed by atoms with van der Waals surface area (Å²) in [5, 5.41) is 2.81. The number of aryl methyl sites for hydroxylation is 2. The van der Waals surface area contributed by atoms with Gasteiger partial charge in [-0.15, -0.1) is 0 Å². The maximum atomic E-state index is 12.6. The molecule has 0 atom stereocenters. The molecule has 0 aliphatic carbocycles. The van der Waals surface area contributed by atoms with E-state index in [0.29, 0.717) is 17.0 Å². The van der Waals surface area contributed by atoms with Crippen molar-refractivity contribution in [2.75, 3.05) is 25.0 Å². The molecule has 0 saturated carbocycles. The van der Waals surface area contributed by atoms with Gasteiger partial charge in [-0.1, -0.05) is 23.8 Å². The molecule has 5 nitrogen and oxygen atoms in total. The van der Waals surface area contributed by atoms with E-state index in [1.165, 1.54) is 6.42 Å². The lowest BCUT2D eigenvalue weighted by Gasteiger charge is -2.26. The van der Waals surface area contributed by atoms with Crippen molar-refractivity contribution in [2.45, 2.75) is 33.1 Å². The summed E-state index contributed by atoms with van der Waals surface area (Å²) in [7, 11) is 0. The summed E-state index contributed by atoms with van der Waals surface area (Å²) in [6.45, 7) is 5.50. The number of hydrogen-bond acceptors (Lipinski definition) is 3. The van der Waals surface area contributed by atoms with Crippen molar-refractivity contribution in [3.63, 3.8) is 0 Å². The first-order valence-corrected chi connectivity index (χ1v) is 9.42. The number of nitrogens with zero attached hydrogens (tertiary/aromatic N) is 1. The molecule has 27 heavy (non-hydrogen) atoms. The van der Waals surface area contributed by atoms with Gasteiger partial charge in [0.1, 0.15) is 5.75 Å². The molecule has 2 amide bonds. The fraction of sp³-hybridized carbons (Fsp3) is 0.364. The minimum absolute atomic E-state index is 0.0253. The van der Waals surface area contributed by atoms with Crippen LogP contribution in [0.15, 0.2) is 42.5 Å². The van der Waals surface area contributed by atoms with Gasteiger partial charge in [-0.25, -0.2) is 0 Å². The smallest absolute Gasteiger partial charge is 0.262 e. The first kappa shape index (κ1) is 19.0. The van der Waals surface area contributed by atoms with E-state index in [1.54, 1.807) is 24.3 Å². The van der Waals surface area contributed by atoms with Gasteiger partial charge in [0.25, 0.3) is 11.8 Å². The monoisotopic (exact) mass is 366 g/mol. The molecule has 0 radical (unpaired) electrons. The Labute approximate surface area is 160 Å². The molecule has 0 bridgehead atoms. The average molecular weight is 366 g/mol. The number of rotatable bonds is 5. The van der Waals surface area contributed by atoms with Gasteiger partial charge in [-0.3, -0.25) is 9.59 Å². The van der Waals surface area contributed by atoms with E-state index in [-0.39, 0.29) is 18.4 Å². The highest BCUT2D eigenvalue weighted by atomic mass is 16.5. The molecule has 1 aliphatic rings. The van der Waals surface area contributed by atoms with Crippen molar-refractivity contribution in [3.8, 4) is 5.75 Å². The van der Waals surface area contributed by atoms with Gasteiger partial charge in [0.2, 0.25) is 0 Å². The lowest BCUT2D eigenvalue weighted by atomic mass is 10.1. The van der Waals surface area contributed by atoms with Gasteiger partial charge in [-0.2, -0.15) is 0 Å². The number of anilines is 1. The molecule has 1 heterocycles. The molecule has 0 spiro atoms. The van der Waals surface area contributed by atoms with Crippen molar-refractivity contribution in [1.29, 1.82) is 0 Å². The summed E-state index contributed by atoms with van der Waals surface area (Å²) in [6.07, 6.45) is 3.29. The normalized spacial score (nSPS) is 13.9. The van der Waals surface area contributed by atoms with E-state index < -0.39 is 0 Å². The molecular formula is C22H26N2O3. The second kappa shape index (κ2) is 8.71. The molecule has 1 N–H and O–H groups in total. The van der Waals surface area contributed by atoms with Gasteiger partial charge >= 0.3 is 0 Å². The third-order valence-corrected chi connectivity index (χ3v) is 4.73. The summed E-state index contributed by atoms with van der Waals surface area (Å²) in [5.74, 6) is 0.472. The van der Waals surface area contributed by atoms with E-state index in [0.717, 1.165) is 37.1 Å². The van der Waals surface area contributed by atoms with E-state index in [1.807, 2.05) is 36.9 Å². The average Bonchev–Trinajstić information content (AvgIpc) is 2.67. The van der Waals surface area contributed by atoms with Crippen LogP contribution >= 0.6 is 0 Å². The summed E-state index contributed by atoms with van der Waals surface area (Å²) >= 11 is 0. The Morgan fingerprint density at radius 2 is 1.81 bits per heavy atom. The Bertz CT molecular complexity index is 826. The number of hydrogen-bond donors (Lipinski definition) is 1. The number of amides is 2. The maximum absolute atomic E-state index is 12.6. The third kappa shape index (κ3) is 5.09. The van der Waals surface area contributed by atoms with Crippen molar-refractivity contribution in [1.82, 2.24) is 4.90 Å². The Balaban J connectivity index is 1.58. The number of benzene rings is 2. The maximum Gasteiger partial charge on any atom is 0.262 e. The van der Waals surface area contributed by atoms with Crippen molar-refractivity contribution < 1.29 is 14.3 Å². The predicted molar refractivity (Wildman–Crippen MR) is 106 cm³/mol. The molecule has 142 valence electrons. The number of carbonyl (C=O) groups excluding carboxylic acids is 2. The van der Waals surface area contributed by atoms with Gasteiger partial charge < -0.3 is 15.0 Å². The molecule has 0 unspecified atom stereocenters. The second-order valence-electron chi connectivity index (χ2n) is 7.04. The minimum atomic E-state index is -0.252. The lowest BCUT2D eigenvalue weighted by Crippen LogP contribution is -2.35. The number of piperidine rings is 1. The van der Waals surface area contributed by atoms with Gasteiger partial charge in [-0.05, 0) is 62.9 Å². The zero-order valence-corrected chi connectivity index (χ0v) is 16.0. The number of likely N-dealkylation sites (tertiary alicyclic amines) is 1. The van der Waals surface area contributed by atoms with E-state index >= 15 is 0 Å². The zero-order chi connectivity index (χ0) is 19.2. The van der Waals surface area contributed by atoms with Crippen molar-refractivity contribution in [2.24, 2.45) is 0 Å². The van der Waals surface area contributed by atoms with Crippen LogP contribution in [0.2, 0.25) is 0 Å². The van der Waals surface area contributed by atoms with Crippen LogP contribution in [0.4, 0.5) is 5.69 Å². The van der Waals surface area contributed by atoms with Crippen molar-refractivity contribution >= 4 is 17.5 Å². The molecule has 1 aliphatic heterocycles. The largest absolute Gasteiger partial charge is 0.483 e. The van der Waals surface area contributed by atoms with E-state index in [2.05, 4.69) is 5.32 Å². The molecule has 0 aromatic heterocycles. The van der Waals surface area contributed by atoms with Crippen LogP contribution in [-0.2, 0) is 4.79 Å². The van der Waals surface area contributed by atoms with Crippen LogP contribution in [0.3, 0.4) is 0 Å².